The summed E-state index contributed by atoms with van der Waals surface area (Å²) in [6.07, 6.45) is -2.17. The highest BCUT2D eigenvalue weighted by molar-refractivity contribution is 5.53. The lowest BCUT2D eigenvalue weighted by Gasteiger charge is -2.06. The molecule has 74 valence electrons. The predicted molar refractivity (Wildman–Crippen MR) is 45.7 cm³/mol. The monoisotopic (exact) mass is 199 g/mol. The molecule has 0 aliphatic carbocycles. The van der Waals surface area contributed by atoms with E-state index < -0.39 is 17.5 Å². The van der Waals surface area contributed by atoms with Crippen molar-refractivity contribution in [2.75, 3.05) is 5.73 Å². The van der Waals surface area contributed by atoms with Gasteiger partial charge in [-0.05, 0) is 0 Å². The van der Waals surface area contributed by atoms with Crippen LogP contribution < -0.4 is 11.3 Å². The Morgan fingerprint density at radius 2 is 2.29 bits per heavy atom. The Labute approximate surface area is 78.0 Å². The maximum atomic E-state index is 12.3. The molecule has 0 spiro atoms. The van der Waals surface area contributed by atoms with Gasteiger partial charge >= 0.3 is 0 Å². The maximum Gasteiger partial charge on any atom is 0.267 e. The Bertz CT molecular complexity index is 433. The molecule has 0 saturated heterocycles. The van der Waals surface area contributed by atoms with E-state index in [1.165, 1.54) is 0 Å². The summed E-state index contributed by atoms with van der Waals surface area (Å²) in [6, 6.07) is 1.69. The van der Waals surface area contributed by atoms with E-state index in [4.69, 9.17) is 11.0 Å². The zero-order chi connectivity index (χ0) is 10.7. The quantitative estimate of drug-likeness (QED) is 0.744. The number of H-pyrrole nitrogens is 1. The van der Waals surface area contributed by atoms with Crippen LogP contribution in [0.2, 0.25) is 0 Å². The zero-order valence-corrected chi connectivity index (χ0v) is 7.05. The molecule has 1 heterocycles. The molecule has 0 aliphatic rings. The van der Waals surface area contributed by atoms with Crippen LogP contribution in [0.1, 0.15) is 17.6 Å². The van der Waals surface area contributed by atoms with Gasteiger partial charge in [0.05, 0.1) is 29.3 Å². The summed E-state index contributed by atoms with van der Waals surface area (Å²) in [5.74, 6) is 0. The minimum Gasteiger partial charge on any atom is -0.398 e. The maximum absolute atomic E-state index is 12.3. The molecule has 1 aromatic rings. The summed E-state index contributed by atoms with van der Waals surface area (Å²) in [4.78, 5) is 13.2. The van der Waals surface area contributed by atoms with E-state index in [0.29, 0.717) is 0 Å². The van der Waals surface area contributed by atoms with Gasteiger partial charge < -0.3 is 10.7 Å². The van der Waals surface area contributed by atoms with Gasteiger partial charge in [0.25, 0.3) is 12.0 Å². The molecule has 1 aromatic heterocycles. The van der Waals surface area contributed by atoms with E-state index in [1.54, 1.807) is 6.07 Å². The largest absolute Gasteiger partial charge is 0.398 e. The zero-order valence-electron chi connectivity index (χ0n) is 7.05. The van der Waals surface area contributed by atoms with Crippen molar-refractivity contribution in [2.24, 2.45) is 0 Å². The first-order valence-electron chi connectivity index (χ1n) is 3.73. The molecule has 1 rings (SSSR count). The number of nitrogens with two attached hydrogens (primary N) is 1. The van der Waals surface area contributed by atoms with Gasteiger partial charge in [0, 0.05) is 6.20 Å². The standard InChI is InChI=1S/C8H7F2N3O/c9-7(10)5-3-13-8(14)4(1-2-11)6(5)12/h3,7H,1H2,(H3,12,13,14). The second-order valence-electron chi connectivity index (χ2n) is 2.60. The van der Waals surface area contributed by atoms with Crippen molar-refractivity contribution in [3.05, 3.63) is 27.7 Å². The Balaban J connectivity index is 3.35. The average Bonchev–Trinajstić information content (AvgIpc) is 2.11. The fraction of sp³-hybridized carbons (Fsp3) is 0.250. The molecule has 6 heteroatoms. The number of nitrogens with one attached hydrogen (secondary N) is 1. The third-order valence-electron chi connectivity index (χ3n) is 1.76. The number of nitrogen functional groups attached to an aromatic ring is 1. The Kier molecular flexibility index (Phi) is 2.82. The molecule has 0 saturated carbocycles. The van der Waals surface area contributed by atoms with Crippen LogP contribution in [0.25, 0.3) is 0 Å². The van der Waals surface area contributed by atoms with Gasteiger partial charge in [-0.15, -0.1) is 0 Å². The normalized spacial score (nSPS) is 10.1. The van der Waals surface area contributed by atoms with Gasteiger partial charge in [-0.25, -0.2) is 8.78 Å². The third kappa shape index (κ3) is 1.71. The molecule has 0 aromatic carbocycles. The smallest absolute Gasteiger partial charge is 0.267 e. The number of halogens is 2. The molecule has 0 fully saturated rings. The van der Waals surface area contributed by atoms with E-state index in [-0.39, 0.29) is 17.7 Å². The number of nitrogens with zero attached hydrogens (tertiary/aromatic N) is 1. The van der Waals surface area contributed by atoms with Crippen LogP contribution in [0.5, 0.6) is 0 Å². The SMILES string of the molecule is N#CCc1c(N)c(C(F)F)c[nH]c1=O. The molecular formula is C8H7F2N3O. The molecule has 0 radical (unpaired) electrons. The molecule has 4 nitrogen and oxygen atoms in total. The lowest BCUT2D eigenvalue weighted by Crippen LogP contribution is -2.16. The van der Waals surface area contributed by atoms with Crippen LogP contribution in [0.4, 0.5) is 14.5 Å². The second-order valence-corrected chi connectivity index (χ2v) is 2.60. The van der Waals surface area contributed by atoms with Gasteiger partial charge in [0.15, 0.2) is 0 Å². The van der Waals surface area contributed by atoms with Gasteiger partial charge in [-0.2, -0.15) is 5.26 Å². The highest BCUT2D eigenvalue weighted by Gasteiger charge is 2.16. The summed E-state index contributed by atoms with van der Waals surface area (Å²) < 4.78 is 24.6. The number of nitriles is 1. The summed E-state index contributed by atoms with van der Waals surface area (Å²) in [6.45, 7) is 0. The molecule has 0 aliphatic heterocycles. The molecule has 0 atom stereocenters. The van der Waals surface area contributed by atoms with E-state index in [0.717, 1.165) is 6.20 Å². The summed E-state index contributed by atoms with van der Waals surface area (Å²) in [7, 11) is 0. The van der Waals surface area contributed by atoms with E-state index in [1.807, 2.05) is 0 Å². The number of hydrogen-bond acceptors (Lipinski definition) is 3. The van der Waals surface area contributed by atoms with Crippen LogP contribution >= 0.6 is 0 Å². The van der Waals surface area contributed by atoms with Crippen molar-refractivity contribution in [3.63, 3.8) is 0 Å². The lowest BCUT2D eigenvalue weighted by atomic mass is 10.1. The molecule has 14 heavy (non-hydrogen) atoms. The Morgan fingerprint density at radius 3 is 2.79 bits per heavy atom. The van der Waals surface area contributed by atoms with Gasteiger partial charge in [0.1, 0.15) is 0 Å². The Morgan fingerprint density at radius 1 is 1.64 bits per heavy atom. The number of rotatable bonds is 2. The molecule has 0 amide bonds. The van der Waals surface area contributed by atoms with Crippen molar-refractivity contribution in [1.82, 2.24) is 4.98 Å². The van der Waals surface area contributed by atoms with Crippen LogP contribution in [0.15, 0.2) is 11.0 Å². The molecule has 0 bridgehead atoms. The molecule has 0 unspecified atom stereocenters. The Hall–Kier alpha value is -1.90. The first-order chi connectivity index (χ1) is 6.57. The minimum absolute atomic E-state index is 0.106. The van der Waals surface area contributed by atoms with Gasteiger partial charge in [0.2, 0.25) is 0 Å². The highest BCUT2D eigenvalue weighted by Crippen LogP contribution is 2.24. The first-order valence-corrected chi connectivity index (χ1v) is 3.73. The fourth-order valence-electron chi connectivity index (χ4n) is 1.04. The number of aromatic amines is 1. The van der Waals surface area contributed by atoms with Crippen LogP contribution in [0, 0.1) is 11.3 Å². The van der Waals surface area contributed by atoms with E-state index in [2.05, 4.69) is 4.98 Å². The van der Waals surface area contributed by atoms with Crippen molar-refractivity contribution in [2.45, 2.75) is 12.8 Å². The summed E-state index contributed by atoms with van der Waals surface area (Å²) in [5, 5.41) is 8.35. The van der Waals surface area contributed by atoms with Gasteiger partial charge in [-0.1, -0.05) is 0 Å². The van der Waals surface area contributed by atoms with Crippen molar-refractivity contribution in [3.8, 4) is 6.07 Å². The van der Waals surface area contributed by atoms with Crippen molar-refractivity contribution < 1.29 is 8.78 Å². The molecular weight excluding hydrogens is 192 g/mol. The number of pyridine rings is 1. The number of hydrogen-bond donors (Lipinski definition) is 2. The topological polar surface area (TPSA) is 82.7 Å². The summed E-state index contributed by atoms with van der Waals surface area (Å²) in [5.41, 5.74) is 3.86. The lowest BCUT2D eigenvalue weighted by molar-refractivity contribution is 0.151. The molecule has 3 N–H and O–H groups in total. The number of aromatic nitrogens is 1. The summed E-state index contributed by atoms with van der Waals surface area (Å²) >= 11 is 0. The number of alkyl halides is 2. The van der Waals surface area contributed by atoms with Crippen LogP contribution in [0.3, 0.4) is 0 Å². The van der Waals surface area contributed by atoms with E-state index >= 15 is 0 Å². The minimum atomic E-state index is -2.76. The van der Waals surface area contributed by atoms with Crippen molar-refractivity contribution in [1.29, 1.82) is 5.26 Å². The third-order valence-corrected chi connectivity index (χ3v) is 1.76. The van der Waals surface area contributed by atoms with E-state index in [9.17, 15) is 13.6 Å². The highest BCUT2D eigenvalue weighted by atomic mass is 19.3. The first kappa shape index (κ1) is 10.2. The van der Waals surface area contributed by atoms with Crippen molar-refractivity contribution >= 4 is 5.69 Å². The average molecular weight is 199 g/mol. The van der Waals surface area contributed by atoms with Crippen LogP contribution in [-0.2, 0) is 6.42 Å². The number of anilines is 1. The predicted octanol–water partition coefficient (Wildman–Crippen LogP) is 0.961. The fourth-order valence-corrected chi connectivity index (χ4v) is 1.04. The second kappa shape index (κ2) is 3.87. The van der Waals surface area contributed by atoms with Gasteiger partial charge in [-0.3, -0.25) is 4.79 Å². The van der Waals surface area contributed by atoms with Crippen LogP contribution in [-0.4, -0.2) is 4.98 Å².